The van der Waals surface area contributed by atoms with Crippen LogP contribution in [0.2, 0.25) is 0 Å². The Morgan fingerprint density at radius 2 is 2.05 bits per heavy atom. The van der Waals surface area contributed by atoms with E-state index >= 15 is 0 Å². The summed E-state index contributed by atoms with van der Waals surface area (Å²) in [6.07, 6.45) is -0.500. The molecule has 1 aromatic carbocycles. The van der Waals surface area contributed by atoms with Crippen LogP contribution >= 0.6 is 11.3 Å². The Kier molecular flexibility index (Phi) is 3.44. The molecule has 0 amide bonds. The molecule has 0 aliphatic heterocycles. The molecule has 0 aliphatic carbocycles. The third kappa shape index (κ3) is 2.75. The Morgan fingerprint density at radius 1 is 1.16 bits per heavy atom. The number of thiophene rings is 1. The van der Waals surface area contributed by atoms with Gasteiger partial charge in [0, 0.05) is 11.9 Å². The Morgan fingerprint density at radius 3 is 2.89 bits per heavy atom. The molecule has 2 heterocycles. The number of benzene rings is 1. The van der Waals surface area contributed by atoms with Gasteiger partial charge in [-0.15, -0.1) is 0 Å². The second-order valence-corrected chi connectivity index (χ2v) is 5.12. The van der Waals surface area contributed by atoms with Crippen molar-refractivity contribution in [1.82, 2.24) is 4.98 Å². The van der Waals surface area contributed by atoms with E-state index in [0.717, 1.165) is 22.3 Å². The van der Waals surface area contributed by atoms with Crippen molar-refractivity contribution in [3.63, 3.8) is 0 Å². The van der Waals surface area contributed by atoms with E-state index in [4.69, 9.17) is 0 Å². The van der Waals surface area contributed by atoms with Crippen molar-refractivity contribution < 1.29 is 5.11 Å². The SMILES string of the molecule is OC(CNc1ccc2ccccc2n1)c1ccsc1. The van der Waals surface area contributed by atoms with Gasteiger partial charge in [-0.1, -0.05) is 18.2 Å². The lowest BCUT2D eigenvalue weighted by Crippen LogP contribution is -2.12. The van der Waals surface area contributed by atoms with E-state index in [0.29, 0.717) is 6.54 Å². The molecule has 0 radical (unpaired) electrons. The van der Waals surface area contributed by atoms with Crippen LogP contribution in [0.1, 0.15) is 11.7 Å². The number of aliphatic hydroxyl groups excluding tert-OH is 1. The van der Waals surface area contributed by atoms with Crippen LogP contribution in [0.5, 0.6) is 0 Å². The van der Waals surface area contributed by atoms with Crippen molar-refractivity contribution in [2.75, 3.05) is 11.9 Å². The molecule has 0 saturated carbocycles. The molecule has 3 rings (SSSR count). The Labute approximate surface area is 115 Å². The van der Waals surface area contributed by atoms with Gasteiger partial charge in [0.15, 0.2) is 0 Å². The molecular weight excluding hydrogens is 256 g/mol. The van der Waals surface area contributed by atoms with E-state index in [2.05, 4.69) is 10.3 Å². The summed E-state index contributed by atoms with van der Waals surface area (Å²) in [7, 11) is 0. The molecule has 2 N–H and O–H groups in total. The number of nitrogens with zero attached hydrogens (tertiary/aromatic N) is 1. The van der Waals surface area contributed by atoms with Gasteiger partial charge in [-0.05, 0) is 40.6 Å². The topological polar surface area (TPSA) is 45.1 Å². The number of hydrogen-bond donors (Lipinski definition) is 2. The maximum absolute atomic E-state index is 10.0. The first-order valence-electron chi connectivity index (χ1n) is 6.13. The van der Waals surface area contributed by atoms with Crippen molar-refractivity contribution in [2.24, 2.45) is 0 Å². The summed E-state index contributed by atoms with van der Waals surface area (Å²) in [4.78, 5) is 4.51. The monoisotopic (exact) mass is 270 g/mol. The minimum Gasteiger partial charge on any atom is -0.387 e. The van der Waals surface area contributed by atoms with Gasteiger partial charge in [0.05, 0.1) is 11.6 Å². The number of aliphatic hydroxyl groups is 1. The molecular formula is C15H14N2OS. The van der Waals surface area contributed by atoms with Crippen LogP contribution < -0.4 is 5.32 Å². The quantitative estimate of drug-likeness (QED) is 0.763. The smallest absolute Gasteiger partial charge is 0.126 e. The lowest BCUT2D eigenvalue weighted by atomic mass is 10.2. The number of fused-ring (bicyclic) bond motifs is 1. The van der Waals surface area contributed by atoms with E-state index in [1.165, 1.54) is 0 Å². The summed E-state index contributed by atoms with van der Waals surface area (Å²) in [5, 5.41) is 18.2. The molecule has 3 nitrogen and oxygen atoms in total. The van der Waals surface area contributed by atoms with Crippen molar-refractivity contribution >= 4 is 28.1 Å². The molecule has 4 heteroatoms. The number of aromatic nitrogens is 1. The molecule has 1 unspecified atom stereocenters. The van der Waals surface area contributed by atoms with E-state index in [-0.39, 0.29) is 0 Å². The Hall–Kier alpha value is -1.91. The fourth-order valence-electron chi connectivity index (χ4n) is 1.95. The zero-order valence-corrected chi connectivity index (χ0v) is 11.1. The molecule has 0 saturated heterocycles. The fraction of sp³-hybridized carbons (Fsp3) is 0.133. The highest BCUT2D eigenvalue weighted by molar-refractivity contribution is 7.07. The van der Waals surface area contributed by atoms with Crippen LogP contribution in [0.3, 0.4) is 0 Å². The molecule has 3 aromatic rings. The van der Waals surface area contributed by atoms with Gasteiger partial charge in [-0.3, -0.25) is 0 Å². The van der Waals surface area contributed by atoms with Gasteiger partial charge in [-0.2, -0.15) is 11.3 Å². The van der Waals surface area contributed by atoms with Crippen molar-refractivity contribution in [3.05, 3.63) is 58.8 Å². The Balaban J connectivity index is 1.71. The lowest BCUT2D eigenvalue weighted by Gasteiger charge is -2.11. The van der Waals surface area contributed by atoms with Gasteiger partial charge in [-0.25, -0.2) is 4.98 Å². The number of para-hydroxylation sites is 1. The minimum absolute atomic E-state index is 0.460. The molecule has 0 bridgehead atoms. The minimum atomic E-state index is -0.500. The predicted molar refractivity (Wildman–Crippen MR) is 79.5 cm³/mol. The number of nitrogens with one attached hydrogen (secondary N) is 1. The van der Waals surface area contributed by atoms with E-state index in [1.54, 1.807) is 11.3 Å². The number of pyridine rings is 1. The van der Waals surface area contributed by atoms with Crippen molar-refractivity contribution in [3.8, 4) is 0 Å². The summed E-state index contributed by atoms with van der Waals surface area (Å²) in [6, 6.07) is 13.9. The Bertz CT molecular complexity index is 667. The van der Waals surface area contributed by atoms with E-state index in [9.17, 15) is 5.11 Å². The third-order valence-corrected chi connectivity index (χ3v) is 3.70. The largest absolute Gasteiger partial charge is 0.387 e. The van der Waals surface area contributed by atoms with Crippen LogP contribution in [0.25, 0.3) is 10.9 Å². The first-order chi connectivity index (χ1) is 9.33. The second-order valence-electron chi connectivity index (χ2n) is 4.34. The first kappa shape index (κ1) is 12.1. The molecule has 96 valence electrons. The summed E-state index contributed by atoms with van der Waals surface area (Å²) in [5.41, 5.74) is 1.90. The summed E-state index contributed by atoms with van der Waals surface area (Å²) < 4.78 is 0. The second kappa shape index (κ2) is 5.38. The van der Waals surface area contributed by atoms with Crippen molar-refractivity contribution in [2.45, 2.75) is 6.10 Å². The molecule has 19 heavy (non-hydrogen) atoms. The van der Waals surface area contributed by atoms with Gasteiger partial charge >= 0.3 is 0 Å². The maximum Gasteiger partial charge on any atom is 0.126 e. The molecule has 2 aromatic heterocycles. The lowest BCUT2D eigenvalue weighted by molar-refractivity contribution is 0.192. The van der Waals surface area contributed by atoms with Gasteiger partial charge < -0.3 is 10.4 Å². The zero-order chi connectivity index (χ0) is 13.1. The van der Waals surface area contributed by atoms with Crippen molar-refractivity contribution in [1.29, 1.82) is 0 Å². The van der Waals surface area contributed by atoms with Gasteiger partial charge in [0.25, 0.3) is 0 Å². The summed E-state index contributed by atoms with van der Waals surface area (Å²) in [6.45, 7) is 0.460. The first-order valence-corrected chi connectivity index (χ1v) is 7.07. The average Bonchev–Trinajstić information content (AvgIpc) is 2.99. The molecule has 0 spiro atoms. The molecule has 0 fully saturated rings. The van der Waals surface area contributed by atoms with E-state index in [1.807, 2.05) is 53.2 Å². The number of hydrogen-bond acceptors (Lipinski definition) is 4. The zero-order valence-electron chi connectivity index (χ0n) is 10.3. The predicted octanol–water partition coefficient (Wildman–Crippen LogP) is 3.44. The van der Waals surface area contributed by atoms with Gasteiger partial charge in [0.2, 0.25) is 0 Å². The van der Waals surface area contributed by atoms with Crippen LogP contribution in [0.15, 0.2) is 53.2 Å². The molecule has 0 aliphatic rings. The number of anilines is 1. The normalized spacial score (nSPS) is 12.5. The third-order valence-electron chi connectivity index (χ3n) is 3.00. The molecule has 1 atom stereocenters. The highest BCUT2D eigenvalue weighted by Gasteiger charge is 2.07. The van der Waals surface area contributed by atoms with E-state index < -0.39 is 6.10 Å². The number of rotatable bonds is 4. The highest BCUT2D eigenvalue weighted by atomic mass is 32.1. The standard InChI is InChI=1S/C15H14N2OS/c18-14(12-7-8-19-10-12)9-16-15-6-5-11-3-1-2-4-13(11)17-15/h1-8,10,14,18H,9H2,(H,16,17). The summed E-state index contributed by atoms with van der Waals surface area (Å²) >= 11 is 1.59. The fourth-order valence-corrected chi connectivity index (χ4v) is 2.66. The van der Waals surface area contributed by atoms with Crippen LogP contribution in [0.4, 0.5) is 5.82 Å². The van der Waals surface area contributed by atoms with Crippen LogP contribution in [-0.4, -0.2) is 16.6 Å². The maximum atomic E-state index is 10.0. The highest BCUT2D eigenvalue weighted by Crippen LogP contribution is 2.18. The summed E-state index contributed by atoms with van der Waals surface area (Å²) in [5.74, 6) is 0.785. The van der Waals surface area contributed by atoms with Crippen LogP contribution in [-0.2, 0) is 0 Å². The van der Waals surface area contributed by atoms with Gasteiger partial charge in [0.1, 0.15) is 5.82 Å². The van der Waals surface area contributed by atoms with Crippen LogP contribution in [0, 0.1) is 0 Å². The average molecular weight is 270 g/mol.